The van der Waals surface area contributed by atoms with Crippen LogP contribution in [-0.2, 0) is 11.3 Å². The van der Waals surface area contributed by atoms with E-state index < -0.39 is 5.60 Å². The second-order valence-electron chi connectivity index (χ2n) is 10.3. The highest BCUT2D eigenvalue weighted by molar-refractivity contribution is 9.10. The quantitative estimate of drug-likeness (QED) is 0.315. The molecule has 3 aromatic rings. The molecule has 1 aromatic carbocycles. The minimum Gasteiger partial charge on any atom is -0.454 e. The summed E-state index contributed by atoms with van der Waals surface area (Å²) in [5.74, 6) is 4.40. The number of anilines is 1. The fraction of sp³-hybridized carbons (Fsp3) is 0.520. The first-order valence-corrected chi connectivity index (χ1v) is 15.3. The molecule has 0 radical (unpaired) electrons. The van der Waals surface area contributed by atoms with Crippen LogP contribution in [0.5, 0.6) is 11.5 Å². The number of hydrogen-bond acceptors (Lipinski definition) is 9. The van der Waals surface area contributed by atoms with Crippen LogP contribution in [-0.4, -0.2) is 51.0 Å². The van der Waals surface area contributed by atoms with Crippen LogP contribution in [0.4, 0.5) is 10.6 Å². The summed E-state index contributed by atoms with van der Waals surface area (Å²) in [6, 6.07) is 3.81. The van der Waals surface area contributed by atoms with Crippen LogP contribution in [0.2, 0.25) is 0 Å². The first-order valence-electron chi connectivity index (χ1n) is 12.5. The first kappa shape index (κ1) is 27.2. The second-order valence-corrected chi connectivity index (χ2v) is 13.4. The predicted molar refractivity (Wildman–Crippen MR) is 151 cm³/mol. The van der Waals surface area contributed by atoms with Crippen LogP contribution in [0, 0.1) is 5.92 Å². The number of halogens is 1. The van der Waals surface area contributed by atoms with Gasteiger partial charge in [-0.15, -0.1) is 0 Å². The number of hydrogen-bond donors (Lipinski definition) is 3. The molecule has 4 N–H and O–H groups in total. The van der Waals surface area contributed by atoms with Gasteiger partial charge in [-0.05, 0) is 97.3 Å². The number of nitrogen functional groups attached to an aromatic ring is 1. The number of nitrogens with one attached hydrogen (secondary N) is 2. The molecule has 1 amide bonds. The zero-order chi connectivity index (χ0) is 26.9. The summed E-state index contributed by atoms with van der Waals surface area (Å²) in [6.45, 7) is 6.46. The molecular formula is C25H32BrN6O4S2+. The number of alkyl carbamates (subject to hydrolysis) is 1. The smallest absolute Gasteiger partial charge is 0.407 e. The van der Waals surface area contributed by atoms with Crippen molar-refractivity contribution >= 4 is 62.5 Å². The van der Waals surface area contributed by atoms with Crippen molar-refractivity contribution in [2.45, 2.75) is 68.3 Å². The van der Waals surface area contributed by atoms with E-state index in [-0.39, 0.29) is 18.9 Å². The number of aromatic nitrogens is 4. The van der Waals surface area contributed by atoms with Crippen LogP contribution >= 0.6 is 39.5 Å². The number of H-pyrrole nitrogens is 1. The van der Waals surface area contributed by atoms with E-state index in [1.165, 1.54) is 11.8 Å². The molecule has 2 aliphatic heterocycles. The van der Waals surface area contributed by atoms with Gasteiger partial charge in [0.1, 0.15) is 5.60 Å². The summed E-state index contributed by atoms with van der Waals surface area (Å²) in [4.78, 5) is 26.1. The van der Waals surface area contributed by atoms with E-state index in [1.807, 2.05) is 49.2 Å². The van der Waals surface area contributed by atoms with E-state index in [1.54, 1.807) is 6.33 Å². The lowest BCUT2D eigenvalue weighted by molar-refractivity contribution is -0.676. The van der Waals surface area contributed by atoms with E-state index >= 15 is 0 Å². The summed E-state index contributed by atoms with van der Waals surface area (Å²) in [5, 5.41) is 3.83. The zero-order valence-corrected chi connectivity index (χ0v) is 24.8. The number of nitrogens with zero attached hydrogens (tertiary/aromatic N) is 3. The van der Waals surface area contributed by atoms with Gasteiger partial charge < -0.3 is 30.2 Å². The van der Waals surface area contributed by atoms with Crippen LogP contribution in [0.15, 0.2) is 33.0 Å². The van der Waals surface area contributed by atoms with Crippen molar-refractivity contribution in [2.75, 3.05) is 24.0 Å². The summed E-state index contributed by atoms with van der Waals surface area (Å²) in [5.41, 5.74) is 7.05. The number of nitrogens with two attached hydrogens (primary N) is 1. The molecule has 0 saturated carbocycles. The van der Waals surface area contributed by atoms with Gasteiger partial charge >= 0.3 is 6.09 Å². The van der Waals surface area contributed by atoms with Gasteiger partial charge in [0.2, 0.25) is 24.1 Å². The summed E-state index contributed by atoms with van der Waals surface area (Å²) < 4.78 is 19.4. The highest BCUT2D eigenvalue weighted by atomic mass is 79.9. The fourth-order valence-corrected chi connectivity index (χ4v) is 7.08. The van der Waals surface area contributed by atoms with Gasteiger partial charge in [-0.1, -0.05) is 9.97 Å². The van der Waals surface area contributed by atoms with Gasteiger partial charge in [0.25, 0.3) is 5.65 Å². The minimum atomic E-state index is -0.547. The Balaban J connectivity index is 1.35. The Kier molecular flexibility index (Phi) is 8.15. The van der Waals surface area contributed by atoms with Crippen molar-refractivity contribution in [2.24, 2.45) is 5.92 Å². The minimum absolute atomic E-state index is 0.0109. The Morgan fingerprint density at radius 3 is 2.82 bits per heavy atom. The number of ether oxygens (including phenoxy) is 3. The third kappa shape index (κ3) is 6.42. The number of thioether (sulfide) groups is 1. The molecule has 0 bridgehead atoms. The Morgan fingerprint density at radius 2 is 2.08 bits per heavy atom. The van der Waals surface area contributed by atoms with Crippen LogP contribution in [0.25, 0.3) is 11.2 Å². The molecule has 204 valence electrons. The normalized spacial score (nSPS) is 16.5. The molecule has 1 atom stereocenters. The van der Waals surface area contributed by atoms with Gasteiger partial charge in [0.05, 0.1) is 6.54 Å². The van der Waals surface area contributed by atoms with Crippen LogP contribution < -0.4 is 25.1 Å². The molecule has 2 aliphatic rings. The molecule has 5 rings (SSSR count). The first-order chi connectivity index (χ1) is 18.2. The maximum Gasteiger partial charge on any atom is 0.407 e. The number of rotatable bonds is 7. The van der Waals surface area contributed by atoms with Crippen LogP contribution in [0.1, 0.15) is 40.0 Å². The number of carbonyl (C=O) groups is 1. The standard InChI is InChI=1S/C25H31BrN6O4S2/c1-25(2,3)36-24(33)29-16(14-5-8-37-9-6-14)4-7-32-12-28-21(27)20-22(32)31-23(30-20)38-19-11-18-17(10-15(19)26)34-13-35-18/h10-12,14,16H,4-9,13H2,1-3H3,(H3,27,29,30,31,33)/p+1. The highest BCUT2D eigenvalue weighted by Gasteiger charge is 2.29. The van der Waals surface area contributed by atoms with E-state index in [9.17, 15) is 4.79 Å². The Morgan fingerprint density at radius 1 is 1.34 bits per heavy atom. The Bertz CT molecular complexity index is 1330. The molecule has 0 spiro atoms. The number of aromatic amines is 1. The maximum atomic E-state index is 12.6. The van der Waals surface area contributed by atoms with E-state index in [0.717, 1.165) is 40.1 Å². The van der Waals surface area contributed by atoms with Crippen molar-refractivity contribution < 1.29 is 23.6 Å². The van der Waals surface area contributed by atoms with Crippen LogP contribution in [0.3, 0.4) is 0 Å². The zero-order valence-electron chi connectivity index (χ0n) is 21.6. The Labute approximate surface area is 238 Å². The molecule has 2 aromatic heterocycles. The van der Waals surface area contributed by atoms with Gasteiger partial charge in [-0.3, -0.25) is 0 Å². The topological polar surface area (TPSA) is 128 Å². The molecule has 4 heterocycles. The lowest BCUT2D eigenvalue weighted by Gasteiger charge is -2.31. The van der Waals surface area contributed by atoms with Gasteiger partial charge in [-0.25, -0.2) is 9.36 Å². The molecule has 0 aliphatic carbocycles. The highest BCUT2D eigenvalue weighted by Crippen LogP contribution is 2.42. The second kappa shape index (κ2) is 11.4. The summed E-state index contributed by atoms with van der Waals surface area (Å²) >= 11 is 7.04. The monoisotopic (exact) mass is 623 g/mol. The third-order valence-corrected chi connectivity index (χ3v) is 9.29. The number of imidazole rings is 1. The molecular weight excluding hydrogens is 592 g/mol. The average Bonchev–Trinajstić information content (AvgIpc) is 3.50. The molecule has 38 heavy (non-hydrogen) atoms. The molecule has 1 fully saturated rings. The number of benzene rings is 1. The predicted octanol–water partition coefficient (Wildman–Crippen LogP) is 4.90. The van der Waals surface area contributed by atoms with E-state index in [4.69, 9.17) is 24.9 Å². The summed E-state index contributed by atoms with van der Waals surface area (Å²) in [6.07, 6.45) is 4.20. The van der Waals surface area contributed by atoms with Gasteiger partial charge in [0, 0.05) is 15.4 Å². The van der Waals surface area contributed by atoms with E-state index in [0.29, 0.717) is 46.1 Å². The van der Waals surface area contributed by atoms with Crippen molar-refractivity contribution in [3.05, 3.63) is 22.9 Å². The van der Waals surface area contributed by atoms with Crippen molar-refractivity contribution in [3.63, 3.8) is 0 Å². The van der Waals surface area contributed by atoms with Gasteiger partial charge in [0.15, 0.2) is 17.0 Å². The lowest BCUT2D eigenvalue weighted by Crippen LogP contribution is -2.47. The molecule has 10 nitrogen and oxygen atoms in total. The third-order valence-electron chi connectivity index (χ3n) is 6.38. The van der Waals surface area contributed by atoms with Crippen molar-refractivity contribution in [1.29, 1.82) is 0 Å². The largest absolute Gasteiger partial charge is 0.454 e. The van der Waals surface area contributed by atoms with Gasteiger partial charge in [-0.2, -0.15) is 11.8 Å². The molecule has 1 unspecified atom stereocenters. The summed E-state index contributed by atoms with van der Waals surface area (Å²) in [7, 11) is 0. The number of carbonyl (C=O) groups excluding carboxylic acids is 1. The maximum absolute atomic E-state index is 12.6. The SMILES string of the molecule is CC(C)(C)OC(=O)NC(CC[n+]1cnc(N)c2[nH]c(Sc3cc4c(cc3Br)OCO4)nc21)C1CCSCC1. The lowest BCUT2D eigenvalue weighted by atomic mass is 9.91. The van der Waals surface area contributed by atoms with E-state index in [2.05, 4.69) is 31.2 Å². The number of aryl methyl sites for hydroxylation is 1. The molecule has 1 saturated heterocycles. The Hall–Kier alpha value is -2.38. The van der Waals surface area contributed by atoms with Crippen molar-refractivity contribution in [1.82, 2.24) is 20.3 Å². The average molecular weight is 625 g/mol. The van der Waals surface area contributed by atoms with Crippen molar-refractivity contribution in [3.8, 4) is 11.5 Å². The molecule has 13 heteroatoms. The number of fused-ring (bicyclic) bond motifs is 2. The number of amides is 1. The fourth-order valence-electron chi connectivity index (χ4n) is 4.55.